The first kappa shape index (κ1) is 22.9. The van der Waals surface area contributed by atoms with Crippen LogP contribution in [0.15, 0.2) is 64.3 Å². The third-order valence-electron chi connectivity index (χ3n) is 6.00. The first-order chi connectivity index (χ1) is 16.3. The molecule has 4 aromatic rings. The average Bonchev–Trinajstić information content (AvgIpc) is 3.26. The molecule has 3 heterocycles. The van der Waals surface area contributed by atoms with Crippen molar-refractivity contribution in [3.63, 3.8) is 0 Å². The van der Waals surface area contributed by atoms with E-state index in [9.17, 15) is 13.2 Å². The second kappa shape index (κ2) is 9.03. The van der Waals surface area contributed by atoms with E-state index in [2.05, 4.69) is 15.0 Å². The summed E-state index contributed by atoms with van der Waals surface area (Å²) in [6, 6.07) is 16.7. The zero-order valence-electron chi connectivity index (χ0n) is 19.0. The Hall–Kier alpha value is -2.92. The number of nitrogens with zero attached hydrogens (tertiary/aromatic N) is 5. The van der Waals surface area contributed by atoms with Crippen LogP contribution in [-0.2, 0) is 16.6 Å². The molecule has 1 aliphatic heterocycles. The molecule has 0 atom stereocenters. The highest BCUT2D eigenvalue weighted by atomic mass is 32.2. The molecule has 0 bridgehead atoms. The van der Waals surface area contributed by atoms with Crippen molar-refractivity contribution in [3.05, 3.63) is 81.8 Å². The number of aromatic nitrogens is 3. The topological polar surface area (TPSA) is 87.9 Å². The van der Waals surface area contributed by atoms with Gasteiger partial charge in [0.2, 0.25) is 15.0 Å². The van der Waals surface area contributed by atoms with E-state index in [1.807, 2.05) is 56.3 Å². The van der Waals surface area contributed by atoms with Gasteiger partial charge in [0.25, 0.3) is 5.56 Å². The molecule has 1 aliphatic rings. The minimum absolute atomic E-state index is 0.213. The van der Waals surface area contributed by atoms with Crippen molar-refractivity contribution in [3.8, 4) is 10.6 Å². The molecule has 176 valence electrons. The zero-order valence-corrected chi connectivity index (χ0v) is 20.6. The minimum atomic E-state index is -3.54. The molecular formula is C24H25N5O3S2. The molecule has 8 nitrogen and oxygen atoms in total. The van der Waals surface area contributed by atoms with Gasteiger partial charge in [0, 0.05) is 44.4 Å². The largest absolute Gasteiger partial charge is 0.295 e. The number of piperazine rings is 1. The van der Waals surface area contributed by atoms with Gasteiger partial charge >= 0.3 is 0 Å². The molecule has 0 amide bonds. The van der Waals surface area contributed by atoms with Crippen LogP contribution in [0.3, 0.4) is 0 Å². The maximum Gasteiger partial charge on any atom is 0.275 e. The maximum absolute atomic E-state index is 13.2. The summed E-state index contributed by atoms with van der Waals surface area (Å²) in [5.74, 6) is 0. The second-order valence-corrected chi connectivity index (χ2v) is 11.4. The molecule has 0 unspecified atom stereocenters. The van der Waals surface area contributed by atoms with Gasteiger partial charge in [-0.15, -0.1) is 0 Å². The van der Waals surface area contributed by atoms with Crippen LogP contribution in [-0.4, -0.2) is 58.4 Å². The molecule has 2 aromatic carbocycles. The van der Waals surface area contributed by atoms with Crippen molar-refractivity contribution in [2.45, 2.75) is 25.3 Å². The third kappa shape index (κ3) is 4.41. The fourth-order valence-corrected chi connectivity index (χ4v) is 6.78. The Labute approximate surface area is 202 Å². The van der Waals surface area contributed by atoms with E-state index in [0.717, 1.165) is 21.7 Å². The number of hydrogen-bond acceptors (Lipinski definition) is 7. The fraction of sp³-hybridized carbons (Fsp3) is 0.292. The summed E-state index contributed by atoms with van der Waals surface area (Å²) in [7, 11) is -3.54. The number of aryl methyl sites for hydroxylation is 2. The maximum atomic E-state index is 13.2. The van der Waals surface area contributed by atoms with Gasteiger partial charge in [0.05, 0.1) is 10.6 Å². The van der Waals surface area contributed by atoms with Gasteiger partial charge in [0.1, 0.15) is 5.01 Å². The van der Waals surface area contributed by atoms with E-state index >= 15 is 0 Å². The number of fused-ring (bicyclic) bond motifs is 1. The molecule has 0 radical (unpaired) electrons. The summed E-state index contributed by atoms with van der Waals surface area (Å²) in [6.45, 7) is 6.15. The quantitative estimate of drug-likeness (QED) is 0.423. The van der Waals surface area contributed by atoms with Crippen LogP contribution in [0, 0.1) is 13.8 Å². The fourth-order valence-electron chi connectivity index (χ4n) is 4.12. The van der Waals surface area contributed by atoms with Gasteiger partial charge in [0.15, 0.2) is 0 Å². The van der Waals surface area contributed by atoms with Crippen molar-refractivity contribution in [2.24, 2.45) is 0 Å². The Balaban J connectivity index is 1.30. The molecule has 0 saturated carbocycles. The van der Waals surface area contributed by atoms with Crippen LogP contribution in [0.2, 0.25) is 0 Å². The molecule has 34 heavy (non-hydrogen) atoms. The lowest BCUT2D eigenvalue weighted by Crippen LogP contribution is -2.48. The number of benzene rings is 2. The predicted molar refractivity (Wildman–Crippen MR) is 133 cm³/mol. The highest BCUT2D eigenvalue weighted by molar-refractivity contribution is 7.89. The van der Waals surface area contributed by atoms with Gasteiger partial charge in [-0.25, -0.2) is 13.4 Å². The summed E-state index contributed by atoms with van der Waals surface area (Å²) in [6.07, 6.45) is 0. The SMILES string of the molecule is Cc1ccc(C)c(S(=O)(=O)N2CCN(Cc3cc(=O)n4nc(-c5ccccc5)sc4n3)CC2)c1. The van der Waals surface area contributed by atoms with E-state index in [-0.39, 0.29) is 5.56 Å². The Bertz CT molecular complexity index is 1500. The smallest absolute Gasteiger partial charge is 0.275 e. The summed E-state index contributed by atoms with van der Waals surface area (Å²) in [4.78, 5) is 20.4. The monoisotopic (exact) mass is 495 g/mol. The molecule has 1 fully saturated rings. The summed E-state index contributed by atoms with van der Waals surface area (Å²) in [5.41, 5.74) is 3.08. The standard InChI is InChI=1S/C24H25N5O3S2/c1-17-8-9-18(2)21(14-17)34(31,32)28-12-10-27(11-13-28)16-20-15-22(30)29-24(25-20)33-23(26-29)19-6-4-3-5-7-19/h3-9,14-15H,10-13,16H2,1-2H3. The normalized spacial score (nSPS) is 15.7. The van der Waals surface area contributed by atoms with Crippen molar-refractivity contribution >= 4 is 26.3 Å². The Morgan fingerprint density at radius 1 is 0.971 bits per heavy atom. The molecule has 0 N–H and O–H groups in total. The van der Waals surface area contributed by atoms with E-state index in [1.165, 1.54) is 21.9 Å². The zero-order chi connectivity index (χ0) is 23.9. The lowest BCUT2D eigenvalue weighted by molar-refractivity contribution is 0.180. The average molecular weight is 496 g/mol. The third-order valence-corrected chi connectivity index (χ3v) is 9.00. The van der Waals surface area contributed by atoms with E-state index in [1.54, 1.807) is 10.4 Å². The summed E-state index contributed by atoms with van der Waals surface area (Å²) >= 11 is 1.38. The summed E-state index contributed by atoms with van der Waals surface area (Å²) in [5, 5.41) is 5.17. The van der Waals surface area contributed by atoms with E-state index < -0.39 is 10.0 Å². The molecule has 1 saturated heterocycles. The molecular weight excluding hydrogens is 470 g/mol. The lowest BCUT2D eigenvalue weighted by Gasteiger charge is -2.34. The minimum Gasteiger partial charge on any atom is -0.295 e. The second-order valence-electron chi connectivity index (χ2n) is 8.50. The van der Waals surface area contributed by atoms with Crippen molar-refractivity contribution in [1.82, 2.24) is 23.8 Å². The molecule has 0 spiro atoms. The highest BCUT2D eigenvalue weighted by Gasteiger charge is 2.30. The number of hydrogen-bond donors (Lipinski definition) is 0. The van der Waals surface area contributed by atoms with Crippen LogP contribution < -0.4 is 5.56 Å². The van der Waals surface area contributed by atoms with Crippen LogP contribution >= 0.6 is 11.3 Å². The van der Waals surface area contributed by atoms with Crippen LogP contribution in [0.1, 0.15) is 16.8 Å². The van der Waals surface area contributed by atoms with E-state index in [4.69, 9.17) is 0 Å². The van der Waals surface area contributed by atoms with E-state index in [0.29, 0.717) is 48.3 Å². The van der Waals surface area contributed by atoms with Crippen LogP contribution in [0.4, 0.5) is 0 Å². The highest BCUT2D eigenvalue weighted by Crippen LogP contribution is 2.25. The Morgan fingerprint density at radius 2 is 1.71 bits per heavy atom. The van der Waals surface area contributed by atoms with Crippen LogP contribution in [0.25, 0.3) is 15.5 Å². The molecule has 0 aliphatic carbocycles. The van der Waals surface area contributed by atoms with Crippen LogP contribution in [0.5, 0.6) is 0 Å². The Kier molecular flexibility index (Phi) is 6.07. The summed E-state index contributed by atoms with van der Waals surface area (Å²) < 4.78 is 29.2. The van der Waals surface area contributed by atoms with Gasteiger partial charge in [-0.2, -0.15) is 13.9 Å². The number of rotatable bonds is 5. The van der Waals surface area contributed by atoms with Crippen molar-refractivity contribution in [1.29, 1.82) is 0 Å². The number of sulfonamides is 1. The molecule has 10 heteroatoms. The molecule has 5 rings (SSSR count). The van der Waals surface area contributed by atoms with Gasteiger partial charge in [-0.3, -0.25) is 9.69 Å². The predicted octanol–water partition coefficient (Wildman–Crippen LogP) is 2.94. The lowest BCUT2D eigenvalue weighted by atomic mass is 10.2. The Morgan fingerprint density at radius 3 is 2.44 bits per heavy atom. The van der Waals surface area contributed by atoms with Gasteiger partial charge in [-0.05, 0) is 31.0 Å². The van der Waals surface area contributed by atoms with Gasteiger partial charge in [-0.1, -0.05) is 53.8 Å². The van der Waals surface area contributed by atoms with Crippen molar-refractivity contribution in [2.75, 3.05) is 26.2 Å². The van der Waals surface area contributed by atoms with Crippen molar-refractivity contribution < 1.29 is 8.42 Å². The molecule has 2 aromatic heterocycles. The van der Waals surface area contributed by atoms with Gasteiger partial charge < -0.3 is 0 Å². The first-order valence-corrected chi connectivity index (χ1v) is 13.3. The first-order valence-electron chi connectivity index (χ1n) is 11.1.